The van der Waals surface area contributed by atoms with Crippen molar-refractivity contribution in [3.8, 4) is 5.75 Å². The summed E-state index contributed by atoms with van der Waals surface area (Å²) in [5, 5.41) is 10.2. The van der Waals surface area contributed by atoms with Crippen LogP contribution in [0.2, 0.25) is 0 Å². The van der Waals surface area contributed by atoms with Gasteiger partial charge in [-0.1, -0.05) is 17.3 Å². The first-order valence-corrected chi connectivity index (χ1v) is 8.28. The number of amides is 2. The van der Waals surface area contributed by atoms with Gasteiger partial charge >= 0.3 is 0 Å². The van der Waals surface area contributed by atoms with Crippen LogP contribution in [0.25, 0.3) is 11.0 Å². The Hall–Kier alpha value is -3.35. The molecule has 1 aromatic heterocycles. The first kappa shape index (κ1) is 17.5. The second-order valence-corrected chi connectivity index (χ2v) is 5.62. The fourth-order valence-corrected chi connectivity index (χ4v) is 2.45. The van der Waals surface area contributed by atoms with Crippen LogP contribution in [0.1, 0.15) is 12.6 Å². The van der Waals surface area contributed by atoms with E-state index < -0.39 is 0 Å². The van der Waals surface area contributed by atoms with Crippen LogP contribution in [-0.2, 0) is 16.0 Å². The summed E-state index contributed by atoms with van der Waals surface area (Å²) in [7, 11) is 0. The number of carbonyl (C=O) groups is 2. The normalized spacial score (nSPS) is 10.5. The number of fused-ring (bicyclic) bond motifs is 1. The smallest absolute Gasteiger partial charge is 0.257 e. The molecule has 7 heteroatoms. The Morgan fingerprint density at radius 3 is 2.62 bits per heavy atom. The maximum absolute atomic E-state index is 12.2. The van der Waals surface area contributed by atoms with E-state index in [1.54, 1.807) is 24.3 Å². The topological polar surface area (TPSA) is 93.5 Å². The predicted molar refractivity (Wildman–Crippen MR) is 97.0 cm³/mol. The third-order valence-corrected chi connectivity index (χ3v) is 3.66. The summed E-state index contributed by atoms with van der Waals surface area (Å²) in [6.07, 6.45) is 0.118. The summed E-state index contributed by atoms with van der Waals surface area (Å²) in [5.41, 5.74) is 1.89. The van der Waals surface area contributed by atoms with Gasteiger partial charge in [0, 0.05) is 17.6 Å². The molecule has 3 rings (SSSR count). The molecule has 0 fully saturated rings. The monoisotopic (exact) mass is 353 g/mol. The lowest BCUT2D eigenvalue weighted by Gasteiger charge is -2.08. The quantitative estimate of drug-likeness (QED) is 0.681. The fraction of sp³-hybridized carbons (Fsp3) is 0.211. The minimum absolute atomic E-state index is 0.0429. The van der Waals surface area contributed by atoms with Gasteiger partial charge in [0.1, 0.15) is 11.4 Å². The van der Waals surface area contributed by atoms with E-state index in [0.29, 0.717) is 29.3 Å². The zero-order chi connectivity index (χ0) is 18.4. The van der Waals surface area contributed by atoms with Crippen molar-refractivity contribution in [2.45, 2.75) is 13.3 Å². The van der Waals surface area contributed by atoms with E-state index in [-0.39, 0.29) is 24.8 Å². The third kappa shape index (κ3) is 4.38. The van der Waals surface area contributed by atoms with Gasteiger partial charge in [0.25, 0.3) is 5.91 Å². The van der Waals surface area contributed by atoms with Crippen LogP contribution < -0.4 is 15.4 Å². The molecule has 2 amide bonds. The van der Waals surface area contributed by atoms with Gasteiger partial charge in [-0.3, -0.25) is 9.59 Å². The molecule has 0 radical (unpaired) electrons. The minimum Gasteiger partial charge on any atom is -0.484 e. The van der Waals surface area contributed by atoms with Crippen molar-refractivity contribution < 1.29 is 18.8 Å². The van der Waals surface area contributed by atoms with Crippen LogP contribution in [0.15, 0.2) is 53.1 Å². The highest BCUT2D eigenvalue weighted by atomic mass is 16.5. The minimum atomic E-state index is -0.194. The highest BCUT2D eigenvalue weighted by Gasteiger charge is 2.12. The number of nitrogens with one attached hydrogen (secondary N) is 2. The first-order valence-electron chi connectivity index (χ1n) is 8.28. The van der Waals surface area contributed by atoms with Crippen molar-refractivity contribution >= 4 is 28.5 Å². The Labute approximate surface area is 150 Å². The van der Waals surface area contributed by atoms with Gasteiger partial charge in [0.2, 0.25) is 5.91 Å². The SMILES string of the molecule is CCNC(=O)COc1ccc(NC(=O)Cc2noc3ccccc23)cc1. The van der Waals surface area contributed by atoms with E-state index in [4.69, 9.17) is 9.26 Å². The van der Waals surface area contributed by atoms with Gasteiger partial charge in [-0.15, -0.1) is 0 Å². The Kier molecular flexibility index (Phi) is 5.48. The zero-order valence-corrected chi connectivity index (χ0v) is 14.3. The lowest BCUT2D eigenvalue weighted by Crippen LogP contribution is -2.28. The molecule has 134 valence electrons. The molecule has 7 nitrogen and oxygen atoms in total. The maximum atomic E-state index is 12.2. The van der Waals surface area contributed by atoms with Gasteiger partial charge in [-0.05, 0) is 43.3 Å². The van der Waals surface area contributed by atoms with E-state index in [0.717, 1.165) is 5.39 Å². The van der Waals surface area contributed by atoms with Crippen LogP contribution in [-0.4, -0.2) is 30.1 Å². The predicted octanol–water partition coefficient (Wildman–Crippen LogP) is 2.52. The van der Waals surface area contributed by atoms with Crippen LogP contribution >= 0.6 is 0 Å². The van der Waals surface area contributed by atoms with Gasteiger partial charge in [0.05, 0.1) is 6.42 Å². The first-order chi connectivity index (χ1) is 12.7. The largest absolute Gasteiger partial charge is 0.484 e. The van der Waals surface area contributed by atoms with Gasteiger partial charge in [-0.2, -0.15) is 0 Å². The highest BCUT2D eigenvalue weighted by Crippen LogP contribution is 2.19. The molecule has 0 saturated heterocycles. The summed E-state index contributed by atoms with van der Waals surface area (Å²) in [5.74, 6) is 0.182. The molecule has 2 N–H and O–H groups in total. The van der Waals surface area contributed by atoms with E-state index >= 15 is 0 Å². The molecular weight excluding hydrogens is 334 g/mol. The average Bonchev–Trinajstić information content (AvgIpc) is 3.04. The lowest BCUT2D eigenvalue weighted by atomic mass is 10.1. The Morgan fingerprint density at radius 1 is 1.08 bits per heavy atom. The van der Waals surface area contributed by atoms with Crippen molar-refractivity contribution in [3.63, 3.8) is 0 Å². The molecule has 0 saturated carbocycles. The summed E-state index contributed by atoms with van der Waals surface area (Å²) >= 11 is 0. The van der Waals surface area contributed by atoms with Crippen LogP contribution in [0.5, 0.6) is 5.75 Å². The molecule has 0 bridgehead atoms. The number of anilines is 1. The molecule has 26 heavy (non-hydrogen) atoms. The number of likely N-dealkylation sites (N-methyl/N-ethyl adjacent to an activating group) is 1. The molecule has 0 unspecified atom stereocenters. The number of ether oxygens (including phenoxy) is 1. The van der Waals surface area contributed by atoms with Gasteiger partial charge < -0.3 is 19.9 Å². The molecule has 2 aromatic carbocycles. The molecular formula is C19H19N3O4. The second-order valence-electron chi connectivity index (χ2n) is 5.62. The molecule has 0 aliphatic heterocycles. The second kappa shape index (κ2) is 8.15. The molecule has 0 spiro atoms. The van der Waals surface area contributed by atoms with Crippen molar-refractivity contribution in [1.82, 2.24) is 10.5 Å². The highest BCUT2D eigenvalue weighted by molar-refractivity contribution is 5.94. The molecule has 0 atom stereocenters. The number of carbonyl (C=O) groups excluding carboxylic acids is 2. The zero-order valence-electron chi connectivity index (χ0n) is 14.3. The number of para-hydroxylation sites is 1. The van der Waals surface area contributed by atoms with Gasteiger partial charge in [0.15, 0.2) is 12.2 Å². The number of rotatable bonds is 7. The summed E-state index contributed by atoms with van der Waals surface area (Å²) in [6, 6.07) is 14.2. The van der Waals surface area contributed by atoms with Crippen LogP contribution in [0.3, 0.4) is 0 Å². The number of hydrogen-bond donors (Lipinski definition) is 2. The number of benzene rings is 2. The summed E-state index contributed by atoms with van der Waals surface area (Å²) in [4.78, 5) is 23.6. The molecule has 0 aliphatic rings. The van der Waals surface area contributed by atoms with Crippen LogP contribution in [0.4, 0.5) is 5.69 Å². The molecule has 3 aromatic rings. The van der Waals surface area contributed by atoms with Crippen molar-refractivity contribution in [2.24, 2.45) is 0 Å². The van der Waals surface area contributed by atoms with Gasteiger partial charge in [-0.25, -0.2) is 0 Å². The van der Waals surface area contributed by atoms with Crippen LogP contribution in [0, 0.1) is 0 Å². The Bertz CT molecular complexity index is 903. The summed E-state index contributed by atoms with van der Waals surface area (Å²) < 4.78 is 10.6. The van der Waals surface area contributed by atoms with E-state index in [1.807, 2.05) is 31.2 Å². The number of nitrogens with zero attached hydrogens (tertiary/aromatic N) is 1. The summed E-state index contributed by atoms with van der Waals surface area (Å²) in [6.45, 7) is 2.37. The van der Waals surface area contributed by atoms with E-state index in [9.17, 15) is 9.59 Å². The fourth-order valence-electron chi connectivity index (χ4n) is 2.45. The average molecular weight is 353 g/mol. The Balaban J connectivity index is 1.55. The number of aromatic nitrogens is 1. The lowest BCUT2D eigenvalue weighted by molar-refractivity contribution is -0.123. The van der Waals surface area contributed by atoms with E-state index in [2.05, 4.69) is 15.8 Å². The van der Waals surface area contributed by atoms with Crippen molar-refractivity contribution in [2.75, 3.05) is 18.5 Å². The molecule has 0 aliphatic carbocycles. The standard InChI is InChI=1S/C19H19N3O4/c1-2-20-19(24)12-25-14-9-7-13(8-10-14)21-18(23)11-16-15-5-3-4-6-17(15)26-22-16/h3-10H,2,11-12H2,1H3,(H,20,24)(H,21,23). The number of hydrogen-bond acceptors (Lipinski definition) is 5. The molecule has 1 heterocycles. The van der Waals surface area contributed by atoms with E-state index in [1.165, 1.54) is 0 Å². The third-order valence-electron chi connectivity index (χ3n) is 3.66. The van der Waals surface area contributed by atoms with Crippen molar-refractivity contribution in [1.29, 1.82) is 0 Å². The van der Waals surface area contributed by atoms with Crippen molar-refractivity contribution in [3.05, 3.63) is 54.2 Å². The maximum Gasteiger partial charge on any atom is 0.257 e. The Morgan fingerprint density at radius 2 is 1.85 bits per heavy atom.